The van der Waals surface area contributed by atoms with E-state index in [1.165, 1.54) is 0 Å². The van der Waals surface area contributed by atoms with Crippen molar-refractivity contribution in [2.24, 2.45) is 5.73 Å². The highest BCUT2D eigenvalue weighted by Crippen LogP contribution is 2.16. The first-order chi connectivity index (χ1) is 9.20. The van der Waals surface area contributed by atoms with Crippen LogP contribution in [0.1, 0.15) is 15.9 Å². The molecular formula is C14H16N4O. The quantitative estimate of drug-likeness (QED) is 0.859. The lowest BCUT2D eigenvalue weighted by molar-refractivity contribution is 0.0954. The second kappa shape index (κ2) is 6.06. The van der Waals surface area contributed by atoms with Gasteiger partial charge in [0.15, 0.2) is 0 Å². The van der Waals surface area contributed by atoms with Gasteiger partial charge in [-0.05, 0) is 36.8 Å². The Morgan fingerprint density at radius 3 is 2.58 bits per heavy atom. The van der Waals surface area contributed by atoms with E-state index in [4.69, 9.17) is 5.73 Å². The van der Waals surface area contributed by atoms with Crippen molar-refractivity contribution >= 4 is 5.91 Å². The predicted octanol–water partition coefficient (Wildman–Crippen LogP) is 1.14. The first kappa shape index (κ1) is 13.2. The number of carbonyl (C=O) groups is 1. The van der Waals surface area contributed by atoms with Crippen LogP contribution in [0.3, 0.4) is 0 Å². The molecule has 0 atom stereocenters. The molecule has 0 unspecified atom stereocenters. The molecule has 0 aliphatic carbocycles. The van der Waals surface area contributed by atoms with Crippen LogP contribution < -0.4 is 11.1 Å². The van der Waals surface area contributed by atoms with Crippen molar-refractivity contribution in [3.05, 3.63) is 47.8 Å². The standard InChI is InChI=1S/C14H16N4O/c1-10-2-5-16-12(8-10)13-9-11(3-6-17-13)14(19)18-7-4-15/h2-3,5-6,8-9H,4,7,15H2,1H3,(H,18,19). The van der Waals surface area contributed by atoms with Crippen molar-refractivity contribution in [2.45, 2.75) is 6.92 Å². The van der Waals surface area contributed by atoms with Gasteiger partial charge in [-0.3, -0.25) is 14.8 Å². The minimum absolute atomic E-state index is 0.151. The van der Waals surface area contributed by atoms with E-state index in [-0.39, 0.29) is 5.91 Å². The molecule has 0 aliphatic heterocycles. The predicted molar refractivity (Wildman–Crippen MR) is 73.6 cm³/mol. The molecule has 2 aromatic rings. The highest BCUT2D eigenvalue weighted by molar-refractivity contribution is 5.94. The molecule has 2 heterocycles. The van der Waals surface area contributed by atoms with Crippen molar-refractivity contribution < 1.29 is 4.79 Å². The Bertz CT molecular complexity index is 583. The Balaban J connectivity index is 2.26. The van der Waals surface area contributed by atoms with Gasteiger partial charge >= 0.3 is 0 Å². The van der Waals surface area contributed by atoms with Gasteiger partial charge in [0, 0.05) is 31.0 Å². The van der Waals surface area contributed by atoms with Crippen LogP contribution in [0.2, 0.25) is 0 Å². The molecule has 5 nitrogen and oxygen atoms in total. The third-order valence-corrected chi connectivity index (χ3v) is 2.63. The maximum absolute atomic E-state index is 11.8. The van der Waals surface area contributed by atoms with Gasteiger partial charge in [0.05, 0.1) is 11.4 Å². The molecule has 0 radical (unpaired) electrons. The van der Waals surface area contributed by atoms with Crippen molar-refractivity contribution in [1.82, 2.24) is 15.3 Å². The number of carbonyl (C=O) groups excluding carboxylic acids is 1. The maximum Gasteiger partial charge on any atom is 0.251 e. The van der Waals surface area contributed by atoms with Crippen LogP contribution in [0, 0.1) is 6.92 Å². The second-order valence-electron chi connectivity index (χ2n) is 4.19. The summed E-state index contributed by atoms with van der Waals surface area (Å²) in [5.74, 6) is -0.151. The smallest absolute Gasteiger partial charge is 0.251 e. The number of hydrogen-bond donors (Lipinski definition) is 2. The van der Waals surface area contributed by atoms with Crippen LogP contribution in [-0.4, -0.2) is 29.0 Å². The normalized spacial score (nSPS) is 10.2. The molecular weight excluding hydrogens is 240 g/mol. The van der Waals surface area contributed by atoms with E-state index in [0.29, 0.717) is 24.3 Å². The summed E-state index contributed by atoms with van der Waals surface area (Å²) in [6, 6.07) is 7.25. The molecule has 0 saturated heterocycles. The van der Waals surface area contributed by atoms with Crippen LogP contribution in [0.25, 0.3) is 11.4 Å². The van der Waals surface area contributed by atoms with Crippen LogP contribution in [-0.2, 0) is 0 Å². The molecule has 19 heavy (non-hydrogen) atoms. The molecule has 2 rings (SSSR count). The zero-order valence-electron chi connectivity index (χ0n) is 10.8. The molecule has 0 aliphatic rings. The first-order valence-electron chi connectivity index (χ1n) is 6.08. The lowest BCUT2D eigenvalue weighted by atomic mass is 10.1. The fourth-order valence-electron chi connectivity index (χ4n) is 1.68. The topological polar surface area (TPSA) is 80.9 Å². The third-order valence-electron chi connectivity index (χ3n) is 2.63. The average Bonchev–Trinajstić information content (AvgIpc) is 2.45. The van der Waals surface area contributed by atoms with Crippen molar-refractivity contribution in [2.75, 3.05) is 13.1 Å². The number of rotatable bonds is 4. The lowest BCUT2D eigenvalue weighted by Crippen LogP contribution is -2.29. The van der Waals surface area contributed by atoms with Crippen molar-refractivity contribution in [3.8, 4) is 11.4 Å². The molecule has 0 spiro atoms. The minimum Gasteiger partial charge on any atom is -0.351 e. The Morgan fingerprint density at radius 1 is 1.21 bits per heavy atom. The molecule has 5 heteroatoms. The van der Waals surface area contributed by atoms with Gasteiger partial charge in [-0.2, -0.15) is 0 Å². The summed E-state index contributed by atoms with van der Waals surface area (Å²) in [6.07, 6.45) is 3.34. The van der Waals surface area contributed by atoms with E-state index in [1.54, 1.807) is 24.5 Å². The van der Waals surface area contributed by atoms with E-state index in [1.807, 2.05) is 19.1 Å². The van der Waals surface area contributed by atoms with Gasteiger partial charge in [-0.15, -0.1) is 0 Å². The minimum atomic E-state index is -0.151. The zero-order valence-corrected chi connectivity index (χ0v) is 10.8. The second-order valence-corrected chi connectivity index (χ2v) is 4.19. The summed E-state index contributed by atoms with van der Waals surface area (Å²) < 4.78 is 0. The van der Waals surface area contributed by atoms with Crippen molar-refractivity contribution in [3.63, 3.8) is 0 Å². The molecule has 0 bridgehead atoms. The Morgan fingerprint density at radius 2 is 1.89 bits per heavy atom. The van der Waals surface area contributed by atoms with Gasteiger partial charge in [0.1, 0.15) is 0 Å². The van der Waals surface area contributed by atoms with Gasteiger partial charge in [-0.1, -0.05) is 0 Å². The molecule has 1 amide bonds. The maximum atomic E-state index is 11.8. The lowest BCUT2D eigenvalue weighted by Gasteiger charge is -2.05. The van der Waals surface area contributed by atoms with E-state index in [2.05, 4.69) is 15.3 Å². The fourth-order valence-corrected chi connectivity index (χ4v) is 1.68. The van der Waals surface area contributed by atoms with E-state index < -0.39 is 0 Å². The van der Waals surface area contributed by atoms with Crippen LogP contribution in [0.15, 0.2) is 36.7 Å². The van der Waals surface area contributed by atoms with E-state index in [9.17, 15) is 4.79 Å². The summed E-state index contributed by atoms with van der Waals surface area (Å²) in [5, 5.41) is 2.73. The van der Waals surface area contributed by atoms with Crippen LogP contribution in [0.4, 0.5) is 0 Å². The zero-order chi connectivity index (χ0) is 13.7. The highest BCUT2D eigenvalue weighted by atomic mass is 16.1. The number of amides is 1. The molecule has 98 valence electrons. The largest absolute Gasteiger partial charge is 0.351 e. The summed E-state index contributed by atoms with van der Waals surface area (Å²) in [5.41, 5.74) is 8.46. The molecule has 3 N–H and O–H groups in total. The van der Waals surface area contributed by atoms with Gasteiger partial charge < -0.3 is 11.1 Å². The SMILES string of the molecule is Cc1ccnc(-c2cc(C(=O)NCCN)ccn2)c1. The van der Waals surface area contributed by atoms with E-state index >= 15 is 0 Å². The number of nitrogens with one attached hydrogen (secondary N) is 1. The number of aryl methyl sites for hydroxylation is 1. The molecule has 0 saturated carbocycles. The fraction of sp³-hybridized carbons (Fsp3) is 0.214. The summed E-state index contributed by atoms with van der Waals surface area (Å²) in [6.45, 7) is 2.87. The van der Waals surface area contributed by atoms with Gasteiger partial charge in [0.2, 0.25) is 0 Å². The Kier molecular flexibility index (Phi) is 4.20. The molecule has 0 aromatic carbocycles. The first-order valence-corrected chi connectivity index (χ1v) is 6.08. The van der Waals surface area contributed by atoms with E-state index in [0.717, 1.165) is 11.3 Å². The number of aromatic nitrogens is 2. The van der Waals surface area contributed by atoms with Crippen molar-refractivity contribution in [1.29, 1.82) is 0 Å². The Hall–Kier alpha value is -2.27. The summed E-state index contributed by atoms with van der Waals surface area (Å²) >= 11 is 0. The number of nitrogens with two attached hydrogens (primary N) is 1. The van der Waals surface area contributed by atoms with Crippen LogP contribution >= 0.6 is 0 Å². The third kappa shape index (κ3) is 3.35. The summed E-state index contributed by atoms with van der Waals surface area (Å²) in [4.78, 5) is 20.3. The molecule has 2 aromatic heterocycles. The number of pyridine rings is 2. The average molecular weight is 256 g/mol. The van der Waals surface area contributed by atoms with Gasteiger partial charge in [0.25, 0.3) is 5.91 Å². The highest BCUT2D eigenvalue weighted by Gasteiger charge is 2.08. The summed E-state index contributed by atoms with van der Waals surface area (Å²) in [7, 11) is 0. The number of nitrogens with zero attached hydrogens (tertiary/aromatic N) is 2. The Labute approximate surface area is 111 Å². The van der Waals surface area contributed by atoms with Gasteiger partial charge in [-0.25, -0.2) is 0 Å². The van der Waals surface area contributed by atoms with Crippen LogP contribution in [0.5, 0.6) is 0 Å². The monoisotopic (exact) mass is 256 g/mol. The molecule has 0 fully saturated rings. The number of hydrogen-bond acceptors (Lipinski definition) is 4.